The monoisotopic (exact) mass is 478 g/mol. The number of carboxylic acids is 1. The lowest BCUT2D eigenvalue weighted by atomic mass is 9.98. The molecular weight excluding hydrogens is 448 g/mol. The average Bonchev–Trinajstić information content (AvgIpc) is 3.59. The standard InChI is InChI=1S/C27H30N2O6/c30-25(29-18-10-9-16(13-18)26(31)32)24-17(11-12-34-24)14-28-27(33)35-15-23-21-7-3-1-5-19(21)20-6-2-4-8-22(20)23/h1-8,16-18,23-24H,9-15H2,(H,28,33)(H,29,30)(H,31,32). The van der Waals surface area contributed by atoms with Crippen molar-refractivity contribution in [3.05, 3.63) is 59.7 Å². The van der Waals surface area contributed by atoms with Gasteiger partial charge < -0.3 is 25.2 Å². The number of fused-ring (bicyclic) bond motifs is 3. The van der Waals surface area contributed by atoms with E-state index in [9.17, 15) is 14.4 Å². The molecule has 3 N–H and O–H groups in total. The van der Waals surface area contributed by atoms with Crippen molar-refractivity contribution >= 4 is 18.0 Å². The van der Waals surface area contributed by atoms with Crippen LogP contribution in [0.25, 0.3) is 11.1 Å². The van der Waals surface area contributed by atoms with E-state index in [4.69, 9.17) is 14.6 Å². The molecular formula is C27H30N2O6. The second-order valence-corrected chi connectivity index (χ2v) is 9.60. The van der Waals surface area contributed by atoms with Crippen LogP contribution in [0.2, 0.25) is 0 Å². The van der Waals surface area contributed by atoms with Gasteiger partial charge in [0, 0.05) is 31.0 Å². The molecule has 8 heteroatoms. The van der Waals surface area contributed by atoms with E-state index in [0.717, 1.165) is 11.1 Å². The molecule has 2 amide bonds. The van der Waals surface area contributed by atoms with Crippen LogP contribution in [-0.2, 0) is 19.1 Å². The molecule has 4 atom stereocenters. The summed E-state index contributed by atoms with van der Waals surface area (Å²) in [6, 6.07) is 16.2. The van der Waals surface area contributed by atoms with Gasteiger partial charge in [-0.15, -0.1) is 0 Å². The minimum atomic E-state index is -0.816. The Hall–Kier alpha value is -3.39. The van der Waals surface area contributed by atoms with Gasteiger partial charge in [-0.25, -0.2) is 4.79 Å². The van der Waals surface area contributed by atoms with Gasteiger partial charge in [0.15, 0.2) is 0 Å². The maximum absolute atomic E-state index is 12.7. The van der Waals surface area contributed by atoms with Crippen molar-refractivity contribution in [3.63, 3.8) is 0 Å². The third-order valence-corrected chi connectivity index (χ3v) is 7.45. The Morgan fingerprint density at radius 1 is 0.971 bits per heavy atom. The highest BCUT2D eigenvalue weighted by Gasteiger charge is 2.37. The molecule has 2 fully saturated rings. The summed E-state index contributed by atoms with van der Waals surface area (Å²) < 4.78 is 11.2. The van der Waals surface area contributed by atoms with Gasteiger partial charge >= 0.3 is 12.1 Å². The molecule has 184 valence electrons. The fourth-order valence-corrected chi connectivity index (χ4v) is 5.62. The molecule has 35 heavy (non-hydrogen) atoms. The first-order valence-electron chi connectivity index (χ1n) is 12.2. The average molecular weight is 479 g/mol. The van der Waals surface area contributed by atoms with Crippen LogP contribution in [0.3, 0.4) is 0 Å². The lowest BCUT2D eigenvalue weighted by Crippen LogP contribution is -2.45. The summed E-state index contributed by atoms with van der Waals surface area (Å²) in [6.45, 7) is 0.950. The molecule has 2 aromatic carbocycles. The molecule has 1 saturated carbocycles. The number of aliphatic carboxylic acids is 1. The topological polar surface area (TPSA) is 114 Å². The van der Waals surface area contributed by atoms with E-state index in [0.29, 0.717) is 32.3 Å². The van der Waals surface area contributed by atoms with Crippen LogP contribution in [0.4, 0.5) is 4.79 Å². The highest BCUT2D eigenvalue weighted by atomic mass is 16.5. The molecule has 4 unspecified atom stereocenters. The molecule has 0 aromatic heterocycles. The number of nitrogens with one attached hydrogen (secondary N) is 2. The second kappa shape index (κ2) is 10.1. The van der Waals surface area contributed by atoms with Crippen LogP contribution in [0.5, 0.6) is 0 Å². The third kappa shape index (κ3) is 4.89. The van der Waals surface area contributed by atoms with Gasteiger partial charge in [-0.05, 0) is 47.9 Å². The van der Waals surface area contributed by atoms with E-state index in [1.165, 1.54) is 11.1 Å². The first-order valence-corrected chi connectivity index (χ1v) is 12.2. The Morgan fingerprint density at radius 2 is 1.66 bits per heavy atom. The number of benzene rings is 2. The van der Waals surface area contributed by atoms with Gasteiger partial charge in [-0.1, -0.05) is 48.5 Å². The van der Waals surface area contributed by atoms with Gasteiger partial charge in [0.2, 0.25) is 5.91 Å². The van der Waals surface area contributed by atoms with Crippen LogP contribution in [0, 0.1) is 11.8 Å². The summed E-state index contributed by atoms with van der Waals surface area (Å²) in [7, 11) is 0. The summed E-state index contributed by atoms with van der Waals surface area (Å²) in [5.74, 6) is -1.63. The molecule has 1 heterocycles. The number of amides is 2. The normalized spacial score (nSPS) is 25.0. The zero-order chi connectivity index (χ0) is 24.4. The second-order valence-electron chi connectivity index (χ2n) is 9.60. The summed E-state index contributed by atoms with van der Waals surface area (Å²) in [4.78, 5) is 36.4. The van der Waals surface area contributed by atoms with E-state index < -0.39 is 24.1 Å². The Labute approximate surface area is 204 Å². The largest absolute Gasteiger partial charge is 0.481 e. The zero-order valence-electron chi connectivity index (χ0n) is 19.4. The van der Waals surface area contributed by atoms with Crippen molar-refractivity contribution in [2.45, 2.75) is 43.7 Å². The molecule has 0 radical (unpaired) electrons. The van der Waals surface area contributed by atoms with Crippen LogP contribution in [0.15, 0.2) is 48.5 Å². The highest BCUT2D eigenvalue weighted by Crippen LogP contribution is 2.44. The lowest BCUT2D eigenvalue weighted by Gasteiger charge is -2.21. The molecule has 1 aliphatic heterocycles. The number of carboxylic acid groups (broad SMARTS) is 1. The Balaban J connectivity index is 1.12. The quantitative estimate of drug-likeness (QED) is 0.563. The third-order valence-electron chi connectivity index (χ3n) is 7.45. The van der Waals surface area contributed by atoms with Crippen molar-refractivity contribution in [1.29, 1.82) is 0 Å². The summed E-state index contributed by atoms with van der Waals surface area (Å²) in [5, 5.41) is 14.9. The zero-order valence-corrected chi connectivity index (χ0v) is 19.4. The van der Waals surface area contributed by atoms with E-state index in [2.05, 4.69) is 34.9 Å². The number of hydrogen-bond acceptors (Lipinski definition) is 5. The fourth-order valence-electron chi connectivity index (χ4n) is 5.62. The smallest absolute Gasteiger partial charge is 0.407 e. The van der Waals surface area contributed by atoms with E-state index >= 15 is 0 Å². The van der Waals surface area contributed by atoms with Gasteiger partial charge in [-0.3, -0.25) is 9.59 Å². The van der Waals surface area contributed by atoms with Gasteiger partial charge in [0.25, 0.3) is 0 Å². The molecule has 3 aliphatic rings. The van der Waals surface area contributed by atoms with Crippen LogP contribution in [-0.4, -0.2) is 55.0 Å². The van der Waals surface area contributed by atoms with Crippen molar-refractivity contribution < 1.29 is 29.0 Å². The molecule has 2 aliphatic carbocycles. The first kappa shape index (κ1) is 23.4. The van der Waals surface area contributed by atoms with Gasteiger partial charge in [0.05, 0.1) is 5.92 Å². The van der Waals surface area contributed by atoms with E-state index in [1.54, 1.807) is 0 Å². The van der Waals surface area contributed by atoms with Crippen LogP contribution >= 0.6 is 0 Å². The predicted molar refractivity (Wildman–Crippen MR) is 128 cm³/mol. The fraction of sp³-hybridized carbons (Fsp3) is 0.444. The highest BCUT2D eigenvalue weighted by molar-refractivity contribution is 5.82. The lowest BCUT2D eigenvalue weighted by molar-refractivity contribution is -0.141. The predicted octanol–water partition coefficient (Wildman–Crippen LogP) is 3.30. The maximum atomic E-state index is 12.7. The molecule has 8 nitrogen and oxygen atoms in total. The molecule has 5 rings (SSSR count). The van der Waals surface area contributed by atoms with Crippen molar-refractivity contribution in [2.75, 3.05) is 19.8 Å². The summed E-state index contributed by atoms with van der Waals surface area (Å²) >= 11 is 0. The van der Waals surface area contributed by atoms with Crippen LogP contribution in [0.1, 0.15) is 42.7 Å². The first-order chi connectivity index (χ1) is 17.0. The minimum Gasteiger partial charge on any atom is -0.481 e. The number of hydrogen-bond donors (Lipinski definition) is 3. The Kier molecular flexibility index (Phi) is 6.72. The number of alkyl carbamates (subject to hydrolysis) is 1. The number of carbonyl (C=O) groups is 3. The van der Waals surface area contributed by atoms with Crippen LogP contribution < -0.4 is 10.6 Å². The Morgan fingerprint density at radius 3 is 2.31 bits per heavy atom. The molecule has 2 aromatic rings. The van der Waals surface area contributed by atoms with E-state index in [-0.39, 0.29) is 36.9 Å². The molecule has 1 saturated heterocycles. The van der Waals surface area contributed by atoms with Crippen molar-refractivity contribution in [2.24, 2.45) is 11.8 Å². The SMILES string of the molecule is O=C(NCC1CCOC1C(=O)NC1CCC(C(=O)O)C1)OCC1c2ccccc2-c2ccccc21. The Bertz CT molecular complexity index is 1070. The molecule has 0 bridgehead atoms. The summed E-state index contributed by atoms with van der Waals surface area (Å²) in [5.41, 5.74) is 4.65. The number of rotatable bonds is 7. The van der Waals surface area contributed by atoms with Crippen molar-refractivity contribution in [1.82, 2.24) is 10.6 Å². The van der Waals surface area contributed by atoms with Gasteiger partial charge in [0.1, 0.15) is 12.7 Å². The van der Waals surface area contributed by atoms with E-state index in [1.807, 2.05) is 24.3 Å². The minimum absolute atomic E-state index is 0.0115. The summed E-state index contributed by atoms with van der Waals surface area (Å²) in [6.07, 6.45) is 1.14. The maximum Gasteiger partial charge on any atom is 0.407 e. The van der Waals surface area contributed by atoms with Crippen molar-refractivity contribution in [3.8, 4) is 11.1 Å². The molecule has 0 spiro atoms. The number of carbonyl (C=O) groups excluding carboxylic acids is 2. The number of ether oxygens (including phenoxy) is 2. The van der Waals surface area contributed by atoms with Gasteiger partial charge in [-0.2, -0.15) is 0 Å².